The Balaban J connectivity index is 1.59. The van der Waals surface area contributed by atoms with E-state index in [-0.39, 0.29) is 0 Å². The van der Waals surface area contributed by atoms with Crippen LogP contribution in [-0.4, -0.2) is 22.1 Å². The summed E-state index contributed by atoms with van der Waals surface area (Å²) in [6, 6.07) is 26.4. The molecule has 0 aliphatic heterocycles. The monoisotopic (exact) mass is 327 g/mol. The number of nitrogens with zero attached hydrogens (tertiary/aromatic N) is 3. The second-order valence-electron chi connectivity index (χ2n) is 5.69. The van der Waals surface area contributed by atoms with Crippen LogP contribution in [0, 0.1) is 0 Å². The van der Waals surface area contributed by atoms with Crippen LogP contribution in [0.5, 0.6) is 5.75 Å². The molecule has 122 valence electrons. The zero-order valence-corrected chi connectivity index (χ0v) is 13.8. The molecular weight excluding hydrogens is 310 g/mol. The van der Waals surface area contributed by atoms with Gasteiger partial charge in [-0.25, -0.2) is 4.68 Å². The number of benzene rings is 3. The fourth-order valence-electron chi connectivity index (χ4n) is 2.72. The summed E-state index contributed by atoms with van der Waals surface area (Å²) in [5.74, 6) is 0.820. The molecule has 25 heavy (non-hydrogen) atoms. The van der Waals surface area contributed by atoms with Crippen LogP contribution in [0.2, 0.25) is 0 Å². The molecule has 4 rings (SSSR count). The molecule has 1 heterocycles. The summed E-state index contributed by atoms with van der Waals surface area (Å²) < 4.78 is 6.95. The second kappa shape index (κ2) is 6.61. The van der Waals surface area contributed by atoms with Crippen LogP contribution in [0.15, 0.2) is 85.1 Å². The quantitative estimate of drug-likeness (QED) is 0.549. The lowest BCUT2D eigenvalue weighted by Crippen LogP contribution is -1.94. The predicted octanol–water partition coefficient (Wildman–Crippen LogP) is 4.61. The van der Waals surface area contributed by atoms with Gasteiger partial charge in [0.05, 0.1) is 19.0 Å². The van der Waals surface area contributed by atoms with Crippen LogP contribution >= 0.6 is 0 Å². The zero-order valence-electron chi connectivity index (χ0n) is 13.8. The first-order valence-electron chi connectivity index (χ1n) is 8.06. The molecule has 4 aromatic rings. The van der Waals surface area contributed by atoms with E-state index in [4.69, 9.17) is 4.74 Å². The van der Waals surface area contributed by atoms with Crippen LogP contribution in [0.1, 0.15) is 0 Å². The van der Waals surface area contributed by atoms with Gasteiger partial charge >= 0.3 is 0 Å². The van der Waals surface area contributed by atoms with Gasteiger partial charge in [-0.3, -0.25) is 0 Å². The van der Waals surface area contributed by atoms with E-state index in [1.807, 2.05) is 48.7 Å². The van der Waals surface area contributed by atoms with Crippen molar-refractivity contribution in [3.8, 4) is 33.8 Å². The summed E-state index contributed by atoms with van der Waals surface area (Å²) in [4.78, 5) is 0. The Kier molecular flexibility index (Phi) is 4.01. The lowest BCUT2D eigenvalue weighted by atomic mass is 10.0. The molecule has 0 aliphatic carbocycles. The average molecular weight is 327 g/mol. The van der Waals surface area contributed by atoms with Gasteiger partial charge in [-0.05, 0) is 35.4 Å². The van der Waals surface area contributed by atoms with Crippen LogP contribution in [-0.2, 0) is 0 Å². The van der Waals surface area contributed by atoms with Gasteiger partial charge in [0.15, 0.2) is 0 Å². The number of hydrogen-bond donors (Lipinski definition) is 0. The van der Waals surface area contributed by atoms with Crippen LogP contribution < -0.4 is 4.74 Å². The van der Waals surface area contributed by atoms with E-state index in [2.05, 4.69) is 46.7 Å². The molecule has 0 aliphatic rings. The molecule has 0 radical (unpaired) electrons. The Labute approximate surface area is 146 Å². The number of ether oxygens (including phenoxy) is 1. The Bertz CT molecular complexity index is 958. The SMILES string of the molecule is COc1ccc(-n2cc(-c3ccc(-c4ccccc4)cc3)nn2)cc1. The first-order valence-corrected chi connectivity index (χ1v) is 8.06. The third kappa shape index (κ3) is 3.15. The van der Waals surface area contributed by atoms with E-state index < -0.39 is 0 Å². The molecule has 0 atom stereocenters. The molecule has 0 unspecified atom stereocenters. The van der Waals surface area contributed by atoms with Gasteiger partial charge in [-0.2, -0.15) is 0 Å². The largest absolute Gasteiger partial charge is 0.497 e. The molecule has 4 heteroatoms. The highest BCUT2D eigenvalue weighted by molar-refractivity contribution is 5.68. The first-order chi connectivity index (χ1) is 12.3. The summed E-state index contributed by atoms with van der Waals surface area (Å²) in [5.41, 5.74) is 5.22. The maximum absolute atomic E-state index is 5.18. The molecular formula is C21H17N3O. The van der Waals surface area contributed by atoms with Crippen molar-refractivity contribution in [3.05, 3.63) is 85.1 Å². The molecule has 0 saturated carbocycles. The highest BCUT2D eigenvalue weighted by Gasteiger charge is 2.06. The third-order valence-electron chi connectivity index (χ3n) is 4.12. The molecule has 0 spiro atoms. The summed E-state index contributed by atoms with van der Waals surface area (Å²) >= 11 is 0. The number of aromatic nitrogens is 3. The molecule has 0 bridgehead atoms. The fraction of sp³-hybridized carbons (Fsp3) is 0.0476. The minimum absolute atomic E-state index is 0.820. The van der Waals surface area contributed by atoms with Crippen molar-refractivity contribution >= 4 is 0 Å². The number of hydrogen-bond acceptors (Lipinski definition) is 3. The van der Waals surface area contributed by atoms with Crippen LogP contribution in [0.3, 0.4) is 0 Å². The van der Waals surface area contributed by atoms with Gasteiger partial charge in [-0.15, -0.1) is 5.10 Å². The summed E-state index contributed by atoms with van der Waals surface area (Å²) in [6.45, 7) is 0. The number of rotatable bonds is 4. The van der Waals surface area contributed by atoms with Crippen molar-refractivity contribution in [1.29, 1.82) is 0 Å². The lowest BCUT2D eigenvalue weighted by molar-refractivity contribution is 0.414. The molecule has 1 aromatic heterocycles. The highest BCUT2D eigenvalue weighted by atomic mass is 16.5. The standard InChI is InChI=1S/C21H17N3O/c1-25-20-13-11-19(12-14-20)24-15-21(22-23-24)18-9-7-17(8-10-18)16-5-3-2-4-6-16/h2-15H,1H3. The van der Waals surface area contributed by atoms with E-state index in [1.54, 1.807) is 11.8 Å². The van der Waals surface area contributed by atoms with Gasteiger partial charge in [0.25, 0.3) is 0 Å². The average Bonchev–Trinajstić information content (AvgIpc) is 3.19. The Morgan fingerprint density at radius 1 is 0.720 bits per heavy atom. The van der Waals surface area contributed by atoms with E-state index in [0.29, 0.717) is 0 Å². The van der Waals surface area contributed by atoms with Gasteiger partial charge in [0.1, 0.15) is 11.4 Å². The van der Waals surface area contributed by atoms with Crippen molar-refractivity contribution in [1.82, 2.24) is 15.0 Å². The van der Waals surface area contributed by atoms with Crippen LogP contribution in [0.25, 0.3) is 28.1 Å². The van der Waals surface area contributed by atoms with Crippen molar-refractivity contribution in [2.75, 3.05) is 7.11 Å². The van der Waals surface area contributed by atoms with Gasteiger partial charge < -0.3 is 4.74 Å². The first kappa shape index (κ1) is 15.1. The van der Waals surface area contributed by atoms with Gasteiger partial charge in [0, 0.05) is 5.56 Å². The van der Waals surface area contributed by atoms with Crippen LogP contribution in [0.4, 0.5) is 0 Å². The normalized spacial score (nSPS) is 10.6. The van der Waals surface area contributed by atoms with E-state index in [1.165, 1.54) is 11.1 Å². The minimum Gasteiger partial charge on any atom is -0.497 e. The molecule has 3 aromatic carbocycles. The van der Waals surface area contributed by atoms with E-state index >= 15 is 0 Å². The summed E-state index contributed by atoms with van der Waals surface area (Å²) in [6.07, 6.45) is 1.93. The van der Waals surface area contributed by atoms with Crippen molar-refractivity contribution in [3.63, 3.8) is 0 Å². The second-order valence-corrected chi connectivity index (χ2v) is 5.69. The molecule has 4 nitrogen and oxygen atoms in total. The smallest absolute Gasteiger partial charge is 0.119 e. The van der Waals surface area contributed by atoms with Crippen molar-refractivity contribution in [2.45, 2.75) is 0 Å². The molecule has 0 amide bonds. The Morgan fingerprint density at radius 2 is 1.36 bits per heavy atom. The maximum atomic E-state index is 5.18. The zero-order chi connectivity index (χ0) is 17.1. The van der Waals surface area contributed by atoms with Gasteiger partial charge in [0.2, 0.25) is 0 Å². The molecule has 0 fully saturated rings. The summed E-state index contributed by atoms with van der Waals surface area (Å²) in [5, 5.41) is 8.51. The molecule has 0 N–H and O–H groups in total. The topological polar surface area (TPSA) is 39.9 Å². The minimum atomic E-state index is 0.820. The van der Waals surface area contributed by atoms with E-state index in [9.17, 15) is 0 Å². The number of methoxy groups -OCH3 is 1. The third-order valence-corrected chi connectivity index (χ3v) is 4.12. The van der Waals surface area contributed by atoms with E-state index in [0.717, 1.165) is 22.7 Å². The highest BCUT2D eigenvalue weighted by Crippen LogP contribution is 2.24. The predicted molar refractivity (Wildman–Crippen MR) is 98.8 cm³/mol. The Hall–Kier alpha value is -3.40. The van der Waals surface area contributed by atoms with Gasteiger partial charge in [-0.1, -0.05) is 59.8 Å². The maximum Gasteiger partial charge on any atom is 0.119 e. The van der Waals surface area contributed by atoms with Crippen molar-refractivity contribution in [2.24, 2.45) is 0 Å². The lowest BCUT2D eigenvalue weighted by Gasteiger charge is -2.03. The fourth-order valence-corrected chi connectivity index (χ4v) is 2.72. The summed E-state index contributed by atoms with van der Waals surface area (Å²) in [7, 11) is 1.65. The Morgan fingerprint density at radius 3 is 2.04 bits per heavy atom. The van der Waals surface area contributed by atoms with Crippen molar-refractivity contribution < 1.29 is 4.74 Å². The molecule has 0 saturated heterocycles.